The number of aliphatic hydroxyl groups excluding tert-OH is 3. The van der Waals surface area contributed by atoms with Gasteiger partial charge < -0.3 is 29.5 Å². The first-order valence-corrected chi connectivity index (χ1v) is 10.8. The Morgan fingerprint density at radius 3 is 2.63 bits per heavy atom. The van der Waals surface area contributed by atoms with E-state index in [9.17, 15) is 15.3 Å². The molecule has 2 aromatic rings. The lowest BCUT2D eigenvalue weighted by Crippen LogP contribution is -2.47. The van der Waals surface area contributed by atoms with Gasteiger partial charge in [-0.05, 0) is 65.6 Å². The van der Waals surface area contributed by atoms with E-state index >= 15 is 0 Å². The molecule has 3 N–H and O–H groups in total. The largest absolute Gasteiger partial charge is 0.486 e. The molecule has 4 atom stereocenters. The Morgan fingerprint density at radius 2 is 1.80 bits per heavy atom. The first-order chi connectivity index (χ1) is 14.6. The van der Waals surface area contributed by atoms with Gasteiger partial charge in [-0.2, -0.15) is 0 Å². The van der Waals surface area contributed by atoms with Crippen LogP contribution in [0, 0.1) is 0 Å². The lowest BCUT2D eigenvalue weighted by Gasteiger charge is -2.37. The minimum absolute atomic E-state index is 0.316. The van der Waals surface area contributed by atoms with Crippen LogP contribution in [0.3, 0.4) is 0 Å². The van der Waals surface area contributed by atoms with Crippen LogP contribution in [-0.4, -0.2) is 53.5 Å². The SMILES string of the molecule is OCC1OC(c2cc3c(c(Cc4ccc5c(c4)OCCO5)c2)CCC3)CC(O)[C@@H]1O. The first-order valence-electron chi connectivity index (χ1n) is 10.8. The summed E-state index contributed by atoms with van der Waals surface area (Å²) in [5, 5.41) is 29.8. The molecule has 3 unspecified atom stereocenters. The molecule has 2 aromatic carbocycles. The zero-order valence-corrected chi connectivity index (χ0v) is 16.9. The van der Waals surface area contributed by atoms with Crippen molar-refractivity contribution in [1.82, 2.24) is 0 Å². The fourth-order valence-corrected chi connectivity index (χ4v) is 4.90. The van der Waals surface area contributed by atoms with E-state index in [-0.39, 0.29) is 12.7 Å². The molecule has 5 rings (SSSR count). The second-order valence-corrected chi connectivity index (χ2v) is 8.47. The first kappa shape index (κ1) is 19.8. The van der Waals surface area contributed by atoms with E-state index in [0.717, 1.165) is 42.7 Å². The summed E-state index contributed by atoms with van der Waals surface area (Å²) in [5.41, 5.74) is 6.18. The van der Waals surface area contributed by atoms with E-state index in [4.69, 9.17) is 14.2 Å². The fraction of sp³-hybridized carbons (Fsp3) is 0.500. The Labute approximate surface area is 176 Å². The van der Waals surface area contributed by atoms with Crippen LogP contribution >= 0.6 is 0 Å². The number of hydrogen-bond donors (Lipinski definition) is 3. The number of aryl methyl sites for hydroxylation is 1. The maximum absolute atomic E-state index is 10.3. The van der Waals surface area contributed by atoms with Gasteiger partial charge in [0.1, 0.15) is 25.4 Å². The number of ether oxygens (including phenoxy) is 3. The monoisotopic (exact) mass is 412 g/mol. The van der Waals surface area contributed by atoms with Gasteiger partial charge >= 0.3 is 0 Å². The van der Waals surface area contributed by atoms with E-state index in [2.05, 4.69) is 24.3 Å². The molecule has 1 fully saturated rings. The molecule has 0 radical (unpaired) electrons. The van der Waals surface area contributed by atoms with Gasteiger partial charge in [-0.3, -0.25) is 0 Å². The zero-order chi connectivity index (χ0) is 20.7. The van der Waals surface area contributed by atoms with Crippen molar-refractivity contribution in [1.29, 1.82) is 0 Å². The molecule has 6 nitrogen and oxygen atoms in total. The summed E-state index contributed by atoms with van der Waals surface area (Å²) in [7, 11) is 0. The van der Waals surface area contributed by atoms with Gasteiger partial charge in [0.15, 0.2) is 11.5 Å². The molecule has 2 aliphatic heterocycles. The Bertz CT molecular complexity index is 926. The molecular formula is C24H28O6. The van der Waals surface area contributed by atoms with E-state index < -0.39 is 18.3 Å². The molecular weight excluding hydrogens is 384 g/mol. The van der Waals surface area contributed by atoms with Crippen molar-refractivity contribution in [3.63, 3.8) is 0 Å². The maximum Gasteiger partial charge on any atom is 0.161 e. The van der Waals surface area contributed by atoms with Gasteiger partial charge in [-0.25, -0.2) is 0 Å². The summed E-state index contributed by atoms with van der Waals surface area (Å²) in [5.74, 6) is 1.59. The molecule has 160 valence electrons. The Kier molecular flexibility index (Phi) is 5.41. The quantitative estimate of drug-likeness (QED) is 0.713. The predicted octanol–water partition coefficient (Wildman–Crippen LogP) is 2.08. The number of fused-ring (bicyclic) bond motifs is 2. The Morgan fingerprint density at radius 1 is 0.967 bits per heavy atom. The fourth-order valence-electron chi connectivity index (χ4n) is 4.90. The molecule has 1 aliphatic carbocycles. The zero-order valence-electron chi connectivity index (χ0n) is 16.9. The summed E-state index contributed by atoms with van der Waals surface area (Å²) < 4.78 is 17.3. The van der Waals surface area contributed by atoms with Crippen molar-refractivity contribution in [2.24, 2.45) is 0 Å². The van der Waals surface area contributed by atoms with Crippen molar-refractivity contribution < 1.29 is 29.5 Å². The highest BCUT2D eigenvalue weighted by Gasteiger charge is 2.37. The average molecular weight is 412 g/mol. The molecule has 1 saturated heterocycles. The maximum atomic E-state index is 10.3. The van der Waals surface area contributed by atoms with Crippen LogP contribution in [-0.2, 0) is 24.0 Å². The molecule has 30 heavy (non-hydrogen) atoms. The van der Waals surface area contributed by atoms with Crippen LogP contribution in [0.25, 0.3) is 0 Å². The summed E-state index contributed by atoms with van der Waals surface area (Å²) in [6.07, 6.45) is 1.28. The molecule has 0 saturated carbocycles. The van der Waals surface area contributed by atoms with Gasteiger partial charge in [0.05, 0.1) is 18.8 Å². The number of rotatable bonds is 4. The van der Waals surface area contributed by atoms with E-state index in [1.54, 1.807) is 0 Å². The topological polar surface area (TPSA) is 88.4 Å². The highest BCUT2D eigenvalue weighted by Crippen LogP contribution is 2.37. The highest BCUT2D eigenvalue weighted by molar-refractivity contribution is 5.48. The molecule has 0 amide bonds. The predicted molar refractivity (Wildman–Crippen MR) is 110 cm³/mol. The van der Waals surface area contributed by atoms with Crippen LogP contribution in [0.5, 0.6) is 11.5 Å². The lowest BCUT2D eigenvalue weighted by atomic mass is 9.89. The molecule has 0 bridgehead atoms. The van der Waals surface area contributed by atoms with Gasteiger partial charge in [0.25, 0.3) is 0 Å². The van der Waals surface area contributed by atoms with Crippen LogP contribution in [0.1, 0.15) is 46.8 Å². The summed E-state index contributed by atoms with van der Waals surface area (Å²) >= 11 is 0. The smallest absolute Gasteiger partial charge is 0.161 e. The number of hydrogen-bond acceptors (Lipinski definition) is 6. The van der Waals surface area contributed by atoms with Crippen LogP contribution in [0.2, 0.25) is 0 Å². The third-order valence-corrected chi connectivity index (χ3v) is 6.45. The van der Waals surface area contributed by atoms with Gasteiger partial charge in [0.2, 0.25) is 0 Å². The molecule has 2 heterocycles. The van der Waals surface area contributed by atoms with Crippen LogP contribution in [0.15, 0.2) is 30.3 Å². The highest BCUT2D eigenvalue weighted by atomic mass is 16.6. The second kappa shape index (κ2) is 8.19. The van der Waals surface area contributed by atoms with E-state index in [1.807, 2.05) is 6.07 Å². The summed E-state index contributed by atoms with van der Waals surface area (Å²) in [6.45, 7) is 0.836. The molecule has 3 aliphatic rings. The minimum Gasteiger partial charge on any atom is -0.486 e. The molecule has 0 spiro atoms. The van der Waals surface area contributed by atoms with Crippen molar-refractivity contribution >= 4 is 0 Å². The lowest BCUT2D eigenvalue weighted by molar-refractivity contribution is -0.181. The second-order valence-electron chi connectivity index (χ2n) is 8.47. The molecule has 0 aromatic heterocycles. The Balaban J connectivity index is 1.45. The number of aliphatic hydroxyl groups is 3. The van der Waals surface area contributed by atoms with Crippen molar-refractivity contribution in [3.8, 4) is 11.5 Å². The minimum atomic E-state index is -1.06. The summed E-state index contributed by atoms with van der Waals surface area (Å²) in [6, 6.07) is 10.5. The summed E-state index contributed by atoms with van der Waals surface area (Å²) in [4.78, 5) is 0. The van der Waals surface area contributed by atoms with Crippen molar-refractivity contribution in [3.05, 3.63) is 58.1 Å². The molecule has 6 heteroatoms. The standard InChI is InChI=1S/C24H28O6/c25-13-23-24(27)19(26)12-21(30-23)17-10-15-2-1-3-18(15)16(11-17)8-14-4-5-20-22(9-14)29-7-6-28-20/h4-5,9-11,19,21,23-27H,1-3,6-8,12-13H2/t19?,21?,23?,24-/m0/s1. The van der Waals surface area contributed by atoms with Gasteiger partial charge in [-0.1, -0.05) is 18.2 Å². The third-order valence-electron chi connectivity index (χ3n) is 6.45. The van der Waals surface area contributed by atoms with Crippen LogP contribution < -0.4 is 9.47 Å². The van der Waals surface area contributed by atoms with Crippen LogP contribution in [0.4, 0.5) is 0 Å². The van der Waals surface area contributed by atoms with Gasteiger partial charge in [0, 0.05) is 6.42 Å². The van der Waals surface area contributed by atoms with Crippen molar-refractivity contribution in [2.75, 3.05) is 19.8 Å². The van der Waals surface area contributed by atoms with E-state index in [0.29, 0.717) is 19.6 Å². The third kappa shape index (κ3) is 3.69. The normalized spacial score (nSPS) is 27.7. The van der Waals surface area contributed by atoms with E-state index in [1.165, 1.54) is 22.3 Å². The number of benzene rings is 2. The van der Waals surface area contributed by atoms with Gasteiger partial charge in [-0.15, -0.1) is 0 Å². The Hall–Kier alpha value is -2.12. The van der Waals surface area contributed by atoms with Crippen molar-refractivity contribution in [2.45, 2.75) is 56.5 Å². The average Bonchev–Trinajstić information content (AvgIpc) is 3.24.